The van der Waals surface area contributed by atoms with Gasteiger partial charge in [0.25, 0.3) is 0 Å². The molecule has 0 radical (unpaired) electrons. The van der Waals surface area contributed by atoms with Gasteiger partial charge < -0.3 is 19.5 Å². The van der Waals surface area contributed by atoms with Gasteiger partial charge >= 0.3 is 0 Å². The molecule has 0 aliphatic rings. The molecule has 0 aliphatic heterocycles. The lowest BCUT2D eigenvalue weighted by atomic mass is 10.2. The second-order valence-electron chi connectivity index (χ2n) is 4.66. The zero-order valence-corrected chi connectivity index (χ0v) is 14.2. The number of rotatable bonds is 12. The summed E-state index contributed by atoms with van der Waals surface area (Å²) in [5, 5.41) is 10.4. The van der Waals surface area contributed by atoms with Gasteiger partial charge in [0.1, 0.15) is 0 Å². The summed E-state index contributed by atoms with van der Waals surface area (Å²) in [6, 6.07) is 0. The van der Waals surface area contributed by atoms with Crippen LogP contribution in [0.25, 0.3) is 0 Å². The quantitative estimate of drug-likeness (QED) is 0.600. The zero-order chi connectivity index (χ0) is 15.5. The van der Waals surface area contributed by atoms with E-state index in [2.05, 4.69) is 11.8 Å². The van der Waals surface area contributed by atoms with Gasteiger partial charge in [-0.3, -0.25) is 0 Å². The minimum atomic E-state index is 0.0672. The fourth-order valence-electron chi connectivity index (χ4n) is 2.00. The summed E-state index contributed by atoms with van der Waals surface area (Å²) in [5.41, 5.74) is 1.03. The monoisotopic (exact) mass is 316 g/mol. The molecule has 5 nitrogen and oxygen atoms in total. The molecule has 1 aromatic heterocycles. The van der Waals surface area contributed by atoms with Gasteiger partial charge in [-0.2, -0.15) is 0 Å². The molecular formula is C15H28N2O3S. The van der Waals surface area contributed by atoms with E-state index in [9.17, 15) is 5.11 Å². The molecule has 1 rings (SSSR count). The lowest BCUT2D eigenvalue weighted by molar-refractivity contribution is 0.141. The van der Waals surface area contributed by atoms with Gasteiger partial charge in [0, 0.05) is 26.3 Å². The Labute approximate surface area is 131 Å². The summed E-state index contributed by atoms with van der Waals surface area (Å²) < 4.78 is 10.9. The Kier molecular flexibility index (Phi) is 9.58. The third-order valence-corrected chi connectivity index (χ3v) is 4.23. The molecule has 0 spiro atoms. The van der Waals surface area contributed by atoms with Crippen molar-refractivity contribution in [1.29, 1.82) is 0 Å². The zero-order valence-electron chi connectivity index (χ0n) is 13.4. The Bertz CT molecular complexity index is 375. The highest BCUT2D eigenvalue weighted by Crippen LogP contribution is 2.27. The minimum Gasteiger partial charge on any atom is -0.391 e. The smallest absolute Gasteiger partial charge is 0.186 e. The third-order valence-electron chi connectivity index (χ3n) is 3.09. The Morgan fingerprint density at radius 1 is 1.10 bits per heavy atom. The average Bonchev–Trinajstić information content (AvgIpc) is 2.89. The Morgan fingerprint density at radius 2 is 1.71 bits per heavy atom. The van der Waals surface area contributed by atoms with Crippen molar-refractivity contribution >= 4 is 16.5 Å². The van der Waals surface area contributed by atoms with E-state index < -0.39 is 0 Å². The first-order valence-electron chi connectivity index (χ1n) is 7.76. The van der Waals surface area contributed by atoms with Crippen molar-refractivity contribution < 1.29 is 14.6 Å². The number of aliphatic hydroxyl groups excluding tert-OH is 1. The molecule has 0 fully saturated rings. The van der Waals surface area contributed by atoms with E-state index in [0.29, 0.717) is 13.2 Å². The molecule has 0 amide bonds. The highest BCUT2D eigenvalue weighted by molar-refractivity contribution is 7.15. The van der Waals surface area contributed by atoms with Crippen molar-refractivity contribution in [2.45, 2.75) is 40.2 Å². The fraction of sp³-hybridized carbons (Fsp3) is 0.800. The predicted molar refractivity (Wildman–Crippen MR) is 87.2 cm³/mol. The number of aromatic nitrogens is 1. The number of hydrogen-bond acceptors (Lipinski definition) is 6. The third kappa shape index (κ3) is 6.30. The van der Waals surface area contributed by atoms with Crippen molar-refractivity contribution in [1.82, 2.24) is 4.98 Å². The molecule has 6 heteroatoms. The van der Waals surface area contributed by atoms with Gasteiger partial charge in [0.2, 0.25) is 0 Å². The van der Waals surface area contributed by atoms with Crippen LogP contribution in [0.3, 0.4) is 0 Å². The van der Waals surface area contributed by atoms with E-state index >= 15 is 0 Å². The minimum absolute atomic E-state index is 0.0672. The van der Waals surface area contributed by atoms with Crippen LogP contribution < -0.4 is 4.90 Å². The normalized spacial score (nSPS) is 11.0. The number of hydrogen-bond donors (Lipinski definition) is 1. The van der Waals surface area contributed by atoms with Crippen LogP contribution in [0.2, 0.25) is 0 Å². The molecule has 21 heavy (non-hydrogen) atoms. The largest absolute Gasteiger partial charge is 0.391 e. The highest BCUT2D eigenvalue weighted by atomic mass is 32.1. The molecule has 0 aromatic carbocycles. The molecular weight excluding hydrogens is 288 g/mol. The first kappa shape index (κ1) is 18.4. The van der Waals surface area contributed by atoms with Crippen molar-refractivity contribution in [2.75, 3.05) is 44.4 Å². The second-order valence-corrected chi connectivity index (χ2v) is 5.72. The van der Waals surface area contributed by atoms with Crippen molar-refractivity contribution in [3.63, 3.8) is 0 Å². The summed E-state index contributed by atoms with van der Waals surface area (Å²) in [5.74, 6) is 0. The van der Waals surface area contributed by atoms with Gasteiger partial charge in [-0.15, -0.1) is 0 Å². The number of nitrogens with zero attached hydrogens (tertiary/aromatic N) is 2. The van der Waals surface area contributed by atoms with Crippen LogP contribution in [0.5, 0.6) is 0 Å². The van der Waals surface area contributed by atoms with Crippen LogP contribution in [0, 0.1) is 0 Å². The maximum atomic E-state index is 9.47. The van der Waals surface area contributed by atoms with E-state index in [1.807, 2.05) is 13.8 Å². The summed E-state index contributed by atoms with van der Waals surface area (Å²) in [7, 11) is 0. The lowest BCUT2D eigenvalue weighted by Crippen LogP contribution is -2.31. The van der Waals surface area contributed by atoms with Gasteiger partial charge in [-0.1, -0.05) is 24.7 Å². The summed E-state index contributed by atoms with van der Waals surface area (Å²) >= 11 is 1.58. The number of ether oxygens (including phenoxy) is 2. The van der Waals surface area contributed by atoms with Crippen LogP contribution in [0.4, 0.5) is 5.13 Å². The van der Waals surface area contributed by atoms with Crippen LogP contribution in [-0.2, 0) is 22.5 Å². The van der Waals surface area contributed by atoms with E-state index in [1.54, 1.807) is 11.3 Å². The lowest BCUT2D eigenvalue weighted by Gasteiger charge is -2.21. The van der Waals surface area contributed by atoms with Crippen LogP contribution >= 0.6 is 11.3 Å². The Morgan fingerprint density at radius 3 is 2.19 bits per heavy atom. The SMILES string of the molecule is CCCc1nc(N(CCOCC)CCOCC)sc1CO. The van der Waals surface area contributed by atoms with E-state index in [0.717, 1.165) is 54.8 Å². The van der Waals surface area contributed by atoms with Crippen molar-refractivity contribution in [3.8, 4) is 0 Å². The van der Waals surface area contributed by atoms with E-state index in [1.165, 1.54) is 0 Å². The molecule has 1 aromatic rings. The number of anilines is 1. The van der Waals surface area contributed by atoms with Crippen LogP contribution in [0.1, 0.15) is 37.8 Å². The first-order chi connectivity index (χ1) is 10.3. The van der Waals surface area contributed by atoms with Gasteiger partial charge in [0.15, 0.2) is 5.13 Å². The summed E-state index contributed by atoms with van der Waals surface area (Å²) in [6.07, 6.45) is 1.95. The summed E-state index contributed by atoms with van der Waals surface area (Å²) in [4.78, 5) is 7.87. The topological polar surface area (TPSA) is 54.8 Å². The number of aryl methyl sites for hydroxylation is 1. The number of thiazole rings is 1. The van der Waals surface area contributed by atoms with Gasteiger partial charge in [-0.05, 0) is 20.3 Å². The molecule has 0 atom stereocenters. The van der Waals surface area contributed by atoms with E-state index in [-0.39, 0.29) is 6.61 Å². The molecule has 0 bridgehead atoms. The second kappa shape index (κ2) is 11.0. The number of aliphatic hydroxyl groups is 1. The predicted octanol–water partition coefficient (Wildman–Crippen LogP) is 2.47. The molecule has 1 heterocycles. The maximum absolute atomic E-state index is 9.47. The Balaban J connectivity index is 2.74. The summed E-state index contributed by atoms with van der Waals surface area (Å²) in [6.45, 7) is 10.6. The molecule has 0 saturated carbocycles. The van der Waals surface area contributed by atoms with Crippen molar-refractivity contribution in [2.24, 2.45) is 0 Å². The molecule has 0 saturated heterocycles. The average molecular weight is 316 g/mol. The van der Waals surface area contributed by atoms with Crippen LogP contribution in [-0.4, -0.2) is 49.6 Å². The van der Waals surface area contributed by atoms with Crippen LogP contribution in [0.15, 0.2) is 0 Å². The molecule has 0 unspecified atom stereocenters. The van der Waals surface area contributed by atoms with Gasteiger partial charge in [-0.25, -0.2) is 4.98 Å². The fourth-order valence-corrected chi connectivity index (χ4v) is 3.02. The molecule has 0 aliphatic carbocycles. The maximum Gasteiger partial charge on any atom is 0.186 e. The molecule has 1 N–H and O–H groups in total. The van der Waals surface area contributed by atoms with E-state index in [4.69, 9.17) is 14.5 Å². The van der Waals surface area contributed by atoms with Gasteiger partial charge in [0.05, 0.1) is 30.4 Å². The standard InChI is InChI=1S/C15H28N2O3S/c1-4-7-13-14(12-18)21-15(16-13)17(8-10-19-5-2)9-11-20-6-3/h18H,4-12H2,1-3H3. The van der Waals surface area contributed by atoms with Crippen molar-refractivity contribution in [3.05, 3.63) is 10.6 Å². The highest BCUT2D eigenvalue weighted by Gasteiger charge is 2.15. The molecule has 122 valence electrons. The first-order valence-corrected chi connectivity index (χ1v) is 8.58. The Hall–Kier alpha value is -0.690.